The molecule has 0 radical (unpaired) electrons. The maximum atomic E-state index is 5.05. The average Bonchev–Trinajstić information content (AvgIpc) is 3.88. The molecule has 4 heteroatoms. The van der Waals surface area contributed by atoms with E-state index in [0.29, 0.717) is 0 Å². The Bertz CT molecular complexity index is 2630. The fourth-order valence-corrected chi connectivity index (χ4v) is 9.54. The van der Waals surface area contributed by atoms with E-state index in [1.54, 1.807) is 22.7 Å². The highest BCUT2D eigenvalue weighted by atomic mass is 32.1. The summed E-state index contributed by atoms with van der Waals surface area (Å²) in [7, 11) is 0. The molecule has 0 bridgehead atoms. The number of thiazole rings is 2. The van der Waals surface area contributed by atoms with Crippen molar-refractivity contribution in [3.05, 3.63) is 169 Å². The third-order valence-electron chi connectivity index (χ3n) is 10.3. The minimum absolute atomic E-state index is 0.110. The topological polar surface area (TPSA) is 25.8 Å². The van der Waals surface area contributed by atoms with Crippen molar-refractivity contribution in [2.24, 2.45) is 0 Å². The van der Waals surface area contributed by atoms with Crippen LogP contribution in [-0.2, 0) is 5.41 Å². The fraction of sp³-hybridized carbons (Fsp3) is 0.0638. The average molecular weight is 689 g/mol. The van der Waals surface area contributed by atoms with Crippen LogP contribution in [0.5, 0.6) is 0 Å². The molecule has 2 heterocycles. The van der Waals surface area contributed by atoms with Crippen LogP contribution in [0.1, 0.15) is 25.0 Å². The Labute approximate surface area is 305 Å². The summed E-state index contributed by atoms with van der Waals surface area (Å²) in [6.45, 7) is 4.73. The first-order valence-corrected chi connectivity index (χ1v) is 18.9. The van der Waals surface area contributed by atoms with Crippen LogP contribution in [0, 0.1) is 0 Å². The first-order valence-electron chi connectivity index (χ1n) is 17.3. The van der Waals surface area contributed by atoms with Crippen LogP contribution in [0.25, 0.3) is 86.1 Å². The van der Waals surface area contributed by atoms with Gasteiger partial charge in [-0.05, 0) is 116 Å². The second kappa shape index (κ2) is 11.7. The molecule has 10 rings (SSSR count). The number of rotatable bonds is 5. The van der Waals surface area contributed by atoms with Crippen molar-refractivity contribution >= 4 is 43.1 Å². The molecule has 7 aromatic carbocycles. The third kappa shape index (κ3) is 5.14. The number of benzene rings is 7. The number of fused-ring (bicyclic) bond motifs is 5. The first-order chi connectivity index (χ1) is 25.0. The van der Waals surface area contributed by atoms with Crippen molar-refractivity contribution in [1.29, 1.82) is 0 Å². The molecule has 1 aliphatic rings. The van der Waals surface area contributed by atoms with E-state index in [-0.39, 0.29) is 5.41 Å². The molecule has 0 spiro atoms. The van der Waals surface area contributed by atoms with Crippen molar-refractivity contribution < 1.29 is 0 Å². The summed E-state index contributed by atoms with van der Waals surface area (Å²) < 4.78 is 2.39. The van der Waals surface area contributed by atoms with Gasteiger partial charge >= 0.3 is 0 Å². The van der Waals surface area contributed by atoms with Gasteiger partial charge in [0.05, 0.1) is 20.4 Å². The summed E-state index contributed by atoms with van der Waals surface area (Å²) in [6, 6.07) is 57.3. The monoisotopic (exact) mass is 688 g/mol. The second-order valence-electron chi connectivity index (χ2n) is 13.9. The lowest BCUT2D eigenvalue weighted by atomic mass is 9.80. The molecular formula is C47H32N2S2. The lowest BCUT2D eigenvalue weighted by molar-refractivity contribution is 0.661. The number of hydrogen-bond acceptors (Lipinski definition) is 4. The van der Waals surface area contributed by atoms with Gasteiger partial charge in [-0.25, -0.2) is 9.97 Å². The van der Waals surface area contributed by atoms with Crippen LogP contribution in [0.3, 0.4) is 0 Å². The van der Waals surface area contributed by atoms with E-state index in [1.807, 2.05) is 0 Å². The minimum Gasteiger partial charge on any atom is -0.236 e. The molecule has 9 aromatic rings. The van der Waals surface area contributed by atoms with Crippen LogP contribution in [-0.4, -0.2) is 9.97 Å². The van der Waals surface area contributed by atoms with Gasteiger partial charge < -0.3 is 0 Å². The molecular weight excluding hydrogens is 657 g/mol. The van der Waals surface area contributed by atoms with E-state index >= 15 is 0 Å². The Morgan fingerprint density at radius 1 is 0.373 bits per heavy atom. The Hall–Kier alpha value is -5.68. The molecule has 0 amide bonds. The van der Waals surface area contributed by atoms with Gasteiger partial charge in [0, 0.05) is 16.5 Å². The van der Waals surface area contributed by atoms with Crippen molar-refractivity contribution in [1.82, 2.24) is 9.97 Å². The van der Waals surface area contributed by atoms with Crippen molar-refractivity contribution in [3.63, 3.8) is 0 Å². The highest BCUT2D eigenvalue weighted by molar-refractivity contribution is 7.22. The normalized spacial score (nSPS) is 13.1. The van der Waals surface area contributed by atoms with Crippen molar-refractivity contribution in [3.8, 4) is 65.6 Å². The van der Waals surface area contributed by atoms with Gasteiger partial charge in [-0.15, -0.1) is 22.7 Å². The van der Waals surface area contributed by atoms with E-state index in [4.69, 9.17) is 9.97 Å². The van der Waals surface area contributed by atoms with Crippen LogP contribution in [0.2, 0.25) is 0 Å². The molecule has 1 aliphatic carbocycles. The first kappa shape index (κ1) is 30.2. The van der Waals surface area contributed by atoms with Gasteiger partial charge in [-0.1, -0.05) is 111 Å². The van der Waals surface area contributed by atoms with Gasteiger partial charge in [-0.3, -0.25) is 0 Å². The molecule has 0 fully saturated rings. The summed E-state index contributed by atoms with van der Waals surface area (Å²) in [5.41, 5.74) is 16.9. The predicted octanol–water partition coefficient (Wildman–Crippen LogP) is 13.5. The fourth-order valence-electron chi connectivity index (χ4n) is 7.64. The standard InChI is InChI=1S/C47H32N2S2/c1-47(2)39-27-32(29-11-4-3-5-12-29)19-21-37(39)38-22-20-33(28-40(38)47)30-13-10-14-31(23-30)34-24-35(45-48-41-15-6-8-17-43(41)50-45)26-36(25-34)46-49-42-16-7-9-18-44(42)51-46/h3-28H,1-2H3. The SMILES string of the molecule is CC1(C)c2cc(-c3ccccc3)ccc2-c2ccc(-c3cccc(-c4cc(-c5nc6ccccc6s5)cc(-c5nc6ccccc6s5)c4)c3)cc21. The zero-order valence-corrected chi connectivity index (χ0v) is 29.9. The predicted molar refractivity (Wildman–Crippen MR) is 218 cm³/mol. The number of nitrogens with zero attached hydrogens (tertiary/aromatic N) is 2. The summed E-state index contributed by atoms with van der Waals surface area (Å²) in [5.74, 6) is 0. The quantitative estimate of drug-likeness (QED) is 0.180. The molecule has 242 valence electrons. The molecule has 0 unspecified atom stereocenters. The van der Waals surface area contributed by atoms with E-state index < -0.39 is 0 Å². The van der Waals surface area contributed by atoms with Crippen molar-refractivity contribution in [2.45, 2.75) is 19.3 Å². The molecule has 2 aromatic heterocycles. The number of hydrogen-bond donors (Lipinski definition) is 0. The lowest BCUT2D eigenvalue weighted by Gasteiger charge is -2.22. The summed E-state index contributed by atoms with van der Waals surface area (Å²) >= 11 is 3.48. The van der Waals surface area contributed by atoms with E-state index in [2.05, 4.69) is 172 Å². The molecule has 51 heavy (non-hydrogen) atoms. The Kier molecular flexibility index (Phi) is 6.92. The van der Waals surface area contributed by atoms with E-state index in [1.165, 1.54) is 59.5 Å². The third-order valence-corrected chi connectivity index (χ3v) is 12.5. The number of aromatic nitrogens is 2. The Balaban J connectivity index is 1.06. The molecule has 0 N–H and O–H groups in total. The highest BCUT2D eigenvalue weighted by Gasteiger charge is 2.36. The highest BCUT2D eigenvalue weighted by Crippen LogP contribution is 2.51. The maximum Gasteiger partial charge on any atom is 0.124 e. The zero-order valence-electron chi connectivity index (χ0n) is 28.2. The lowest BCUT2D eigenvalue weighted by Crippen LogP contribution is -2.15. The number of para-hydroxylation sites is 2. The Morgan fingerprint density at radius 2 is 0.804 bits per heavy atom. The molecule has 0 saturated heterocycles. The van der Waals surface area contributed by atoms with Crippen LogP contribution >= 0.6 is 22.7 Å². The van der Waals surface area contributed by atoms with Crippen molar-refractivity contribution in [2.75, 3.05) is 0 Å². The van der Waals surface area contributed by atoms with Gasteiger partial charge in [0.1, 0.15) is 10.0 Å². The van der Waals surface area contributed by atoms with Gasteiger partial charge in [-0.2, -0.15) is 0 Å². The largest absolute Gasteiger partial charge is 0.236 e. The maximum absolute atomic E-state index is 5.05. The summed E-state index contributed by atoms with van der Waals surface area (Å²) in [6.07, 6.45) is 0. The minimum atomic E-state index is -0.110. The summed E-state index contributed by atoms with van der Waals surface area (Å²) in [4.78, 5) is 10.1. The van der Waals surface area contributed by atoms with Crippen LogP contribution in [0.4, 0.5) is 0 Å². The smallest absolute Gasteiger partial charge is 0.124 e. The van der Waals surface area contributed by atoms with E-state index in [9.17, 15) is 0 Å². The zero-order chi connectivity index (χ0) is 34.1. The van der Waals surface area contributed by atoms with Gasteiger partial charge in [0.2, 0.25) is 0 Å². The Morgan fingerprint density at radius 3 is 1.37 bits per heavy atom. The van der Waals surface area contributed by atoms with Gasteiger partial charge in [0.25, 0.3) is 0 Å². The molecule has 0 aliphatic heterocycles. The van der Waals surface area contributed by atoms with Crippen LogP contribution in [0.15, 0.2) is 158 Å². The molecule has 0 saturated carbocycles. The summed E-state index contributed by atoms with van der Waals surface area (Å²) in [5, 5.41) is 2.04. The molecule has 2 nitrogen and oxygen atoms in total. The van der Waals surface area contributed by atoms with E-state index in [0.717, 1.165) is 37.7 Å². The van der Waals surface area contributed by atoms with Gasteiger partial charge in [0.15, 0.2) is 0 Å². The second-order valence-corrected chi connectivity index (χ2v) is 15.9. The van der Waals surface area contributed by atoms with Crippen LogP contribution < -0.4 is 0 Å². The molecule has 0 atom stereocenters.